The van der Waals surface area contributed by atoms with Crippen LogP contribution < -0.4 is 17.0 Å². The quantitative estimate of drug-likeness (QED) is 0.322. The Labute approximate surface area is 95.3 Å². The average Bonchev–Trinajstić information content (AvgIpc) is 2.29. The molecule has 0 radical (unpaired) electrons. The van der Waals surface area contributed by atoms with E-state index in [1.54, 1.807) is 0 Å². The molecule has 1 aliphatic heterocycles. The molecule has 0 aromatic carbocycles. The molecule has 0 bridgehead atoms. The molecule has 2 amide bonds. The minimum Gasteiger partial charge on any atom is -0.368 e. The number of likely N-dealkylation sites (tertiary alicyclic amines) is 1. The molecule has 1 aliphatic rings. The van der Waals surface area contributed by atoms with Crippen LogP contribution in [0, 0.1) is 0 Å². The van der Waals surface area contributed by atoms with Crippen LogP contribution >= 0.6 is 0 Å². The van der Waals surface area contributed by atoms with Crippen molar-refractivity contribution in [3.05, 3.63) is 0 Å². The van der Waals surface area contributed by atoms with Gasteiger partial charge in [-0.3, -0.25) is 19.9 Å². The Morgan fingerprint density at radius 2 is 2.12 bits per heavy atom. The molecule has 1 saturated heterocycles. The Hall–Kier alpha value is -1.14. The van der Waals surface area contributed by atoms with Gasteiger partial charge in [0.2, 0.25) is 11.8 Å². The number of carbonyl (C=O) groups is 2. The van der Waals surface area contributed by atoms with E-state index in [1.807, 2.05) is 0 Å². The molecule has 1 fully saturated rings. The fourth-order valence-corrected chi connectivity index (χ4v) is 2.10. The zero-order valence-electron chi connectivity index (χ0n) is 9.45. The number of primary amides is 1. The van der Waals surface area contributed by atoms with Gasteiger partial charge in [0.1, 0.15) is 0 Å². The lowest BCUT2D eigenvalue weighted by Crippen LogP contribution is -2.48. The average molecular weight is 228 g/mol. The van der Waals surface area contributed by atoms with Crippen LogP contribution in [0.25, 0.3) is 0 Å². The van der Waals surface area contributed by atoms with Gasteiger partial charge >= 0.3 is 0 Å². The highest BCUT2D eigenvalue weighted by atomic mass is 16.2. The van der Waals surface area contributed by atoms with Crippen molar-refractivity contribution in [3.8, 4) is 0 Å². The number of amides is 2. The van der Waals surface area contributed by atoms with Crippen molar-refractivity contribution in [3.63, 3.8) is 0 Å². The summed E-state index contributed by atoms with van der Waals surface area (Å²) in [6.45, 7) is 1.61. The summed E-state index contributed by atoms with van der Waals surface area (Å²) in [7, 11) is 0. The number of piperidine rings is 1. The zero-order chi connectivity index (χ0) is 12.0. The second-order valence-electron chi connectivity index (χ2n) is 4.12. The van der Waals surface area contributed by atoms with E-state index in [0.29, 0.717) is 12.8 Å². The summed E-state index contributed by atoms with van der Waals surface area (Å²) in [5.41, 5.74) is 7.42. The predicted octanol–water partition coefficient (Wildman–Crippen LogP) is -0.904. The lowest BCUT2D eigenvalue weighted by Gasteiger charge is -2.33. The Morgan fingerprint density at radius 3 is 2.75 bits per heavy atom. The molecule has 0 spiro atoms. The third-order valence-corrected chi connectivity index (χ3v) is 2.95. The molecular weight excluding hydrogens is 208 g/mol. The van der Waals surface area contributed by atoms with Crippen molar-refractivity contribution in [2.45, 2.75) is 38.1 Å². The first-order chi connectivity index (χ1) is 7.65. The van der Waals surface area contributed by atoms with Crippen LogP contribution in [-0.2, 0) is 9.59 Å². The molecule has 1 unspecified atom stereocenters. The van der Waals surface area contributed by atoms with Crippen molar-refractivity contribution in [2.75, 3.05) is 13.1 Å². The number of carbonyl (C=O) groups excluding carboxylic acids is 2. The highest BCUT2D eigenvalue weighted by Crippen LogP contribution is 2.17. The van der Waals surface area contributed by atoms with Crippen LogP contribution in [0.4, 0.5) is 0 Å². The first-order valence-corrected chi connectivity index (χ1v) is 5.68. The van der Waals surface area contributed by atoms with Crippen LogP contribution in [0.2, 0.25) is 0 Å². The normalized spacial score (nSPS) is 21.7. The first kappa shape index (κ1) is 12.9. The van der Waals surface area contributed by atoms with E-state index in [2.05, 4.69) is 10.3 Å². The van der Waals surface area contributed by atoms with Gasteiger partial charge in [-0.2, -0.15) is 0 Å². The summed E-state index contributed by atoms with van der Waals surface area (Å²) in [6, 6.07) is -0.158. The summed E-state index contributed by atoms with van der Waals surface area (Å²) in [6.07, 6.45) is 4.06. The fourth-order valence-electron chi connectivity index (χ4n) is 2.10. The SMILES string of the molecule is NNC(=O)CCCN1CCCCC1C(N)=O. The Kier molecular flexibility index (Phi) is 5.21. The van der Waals surface area contributed by atoms with Gasteiger partial charge in [-0.15, -0.1) is 0 Å². The number of hydrazine groups is 1. The summed E-state index contributed by atoms with van der Waals surface area (Å²) in [5, 5.41) is 0. The van der Waals surface area contributed by atoms with Crippen molar-refractivity contribution < 1.29 is 9.59 Å². The largest absolute Gasteiger partial charge is 0.368 e. The molecule has 1 heterocycles. The van der Waals surface area contributed by atoms with Gasteiger partial charge in [0.05, 0.1) is 6.04 Å². The summed E-state index contributed by atoms with van der Waals surface area (Å²) in [5.74, 6) is 4.54. The molecule has 1 rings (SSSR count). The molecule has 16 heavy (non-hydrogen) atoms. The van der Waals surface area contributed by atoms with Crippen LogP contribution in [0.5, 0.6) is 0 Å². The molecule has 0 aliphatic carbocycles. The Bertz CT molecular complexity index is 257. The topological polar surface area (TPSA) is 101 Å². The second-order valence-corrected chi connectivity index (χ2v) is 4.12. The number of hydrogen-bond donors (Lipinski definition) is 3. The van der Waals surface area contributed by atoms with E-state index in [0.717, 1.165) is 32.4 Å². The van der Waals surface area contributed by atoms with Gasteiger partial charge in [-0.25, -0.2) is 5.84 Å². The van der Waals surface area contributed by atoms with E-state index in [1.165, 1.54) is 0 Å². The molecule has 0 saturated carbocycles. The number of nitrogens with two attached hydrogens (primary N) is 2. The highest BCUT2D eigenvalue weighted by Gasteiger charge is 2.26. The maximum absolute atomic E-state index is 11.2. The van der Waals surface area contributed by atoms with Crippen LogP contribution in [0.3, 0.4) is 0 Å². The number of rotatable bonds is 5. The Morgan fingerprint density at radius 1 is 1.38 bits per heavy atom. The van der Waals surface area contributed by atoms with Gasteiger partial charge in [-0.05, 0) is 32.4 Å². The first-order valence-electron chi connectivity index (χ1n) is 5.68. The molecule has 0 aromatic heterocycles. The maximum atomic E-state index is 11.2. The molecule has 92 valence electrons. The Balaban J connectivity index is 2.32. The number of hydrogen-bond acceptors (Lipinski definition) is 4. The van der Waals surface area contributed by atoms with Crippen molar-refractivity contribution >= 4 is 11.8 Å². The molecule has 6 heteroatoms. The van der Waals surface area contributed by atoms with E-state index in [9.17, 15) is 9.59 Å². The molecule has 0 aromatic rings. The van der Waals surface area contributed by atoms with E-state index in [-0.39, 0.29) is 17.9 Å². The second kappa shape index (κ2) is 6.44. The van der Waals surface area contributed by atoms with E-state index >= 15 is 0 Å². The van der Waals surface area contributed by atoms with Crippen LogP contribution in [0.15, 0.2) is 0 Å². The third-order valence-electron chi connectivity index (χ3n) is 2.95. The van der Waals surface area contributed by atoms with Gasteiger partial charge in [0.25, 0.3) is 0 Å². The molecule has 5 N–H and O–H groups in total. The van der Waals surface area contributed by atoms with E-state index < -0.39 is 0 Å². The lowest BCUT2D eigenvalue weighted by atomic mass is 10.0. The van der Waals surface area contributed by atoms with Gasteiger partial charge in [-0.1, -0.05) is 6.42 Å². The fraction of sp³-hybridized carbons (Fsp3) is 0.800. The smallest absolute Gasteiger partial charge is 0.234 e. The van der Waals surface area contributed by atoms with Gasteiger partial charge < -0.3 is 5.73 Å². The standard InChI is InChI=1S/C10H20N4O2/c11-10(16)8-4-1-2-6-14(8)7-3-5-9(15)13-12/h8H,1-7,12H2,(H2,11,16)(H,13,15). The molecule has 1 atom stereocenters. The minimum atomic E-state index is -0.261. The number of nitrogens with one attached hydrogen (secondary N) is 1. The predicted molar refractivity (Wildman–Crippen MR) is 60.0 cm³/mol. The summed E-state index contributed by atoms with van der Waals surface area (Å²) in [4.78, 5) is 24.2. The van der Waals surface area contributed by atoms with Gasteiger partial charge in [0, 0.05) is 6.42 Å². The maximum Gasteiger partial charge on any atom is 0.234 e. The minimum absolute atomic E-state index is 0.158. The van der Waals surface area contributed by atoms with Crippen molar-refractivity contribution in [2.24, 2.45) is 11.6 Å². The van der Waals surface area contributed by atoms with Crippen LogP contribution in [-0.4, -0.2) is 35.8 Å². The monoisotopic (exact) mass is 228 g/mol. The zero-order valence-corrected chi connectivity index (χ0v) is 9.45. The van der Waals surface area contributed by atoms with Crippen molar-refractivity contribution in [1.82, 2.24) is 10.3 Å². The van der Waals surface area contributed by atoms with Crippen LogP contribution in [0.1, 0.15) is 32.1 Å². The van der Waals surface area contributed by atoms with Crippen molar-refractivity contribution in [1.29, 1.82) is 0 Å². The summed E-state index contributed by atoms with van der Waals surface area (Å²) >= 11 is 0. The van der Waals surface area contributed by atoms with Gasteiger partial charge in [0.15, 0.2) is 0 Å². The third kappa shape index (κ3) is 3.79. The summed E-state index contributed by atoms with van der Waals surface area (Å²) < 4.78 is 0. The molecular formula is C10H20N4O2. The number of nitrogens with zero attached hydrogens (tertiary/aromatic N) is 1. The lowest BCUT2D eigenvalue weighted by molar-refractivity contribution is -0.124. The molecule has 6 nitrogen and oxygen atoms in total. The van der Waals surface area contributed by atoms with E-state index in [4.69, 9.17) is 11.6 Å². The highest BCUT2D eigenvalue weighted by molar-refractivity contribution is 5.80.